The van der Waals surface area contributed by atoms with Crippen molar-refractivity contribution in [2.45, 2.75) is 53.5 Å². The quantitative estimate of drug-likeness (QED) is 0.906. The van der Waals surface area contributed by atoms with E-state index in [2.05, 4.69) is 46.1 Å². The molecule has 0 fully saturated rings. The molecule has 0 saturated carbocycles. The summed E-state index contributed by atoms with van der Waals surface area (Å²) in [4.78, 5) is 16.0. The predicted molar refractivity (Wildman–Crippen MR) is 84.8 cm³/mol. The molecule has 1 N–H and O–H groups in total. The first-order chi connectivity index (χ1) is 9.49. The highest BCUT2D eigenvalue weighted by Crippen LogP contribution is 2.30. The molecule has 0 radical (unpaired) electrons. The van der Waals surface area contributed by atoms with Crippen molar-refractivity contribution in [2.75, 3.05) is 0 Å². The minimum absolute atomic E-state index is 0.0896. The normalized spacial score (nSPS) is 12.9. The Morgan fingerprint density at radius 1 is 1.19 bits per heavy atom. The number of hydrogen-bond acceptors (Lipinski definition) is 2. The molecule has 1 heterocycles. The number of carboxylic acid groups (broad SMARTS) is 1. The monoisotopic (exact) mass is 288 g/mol. The maximum Gasteiger partial charge on any atom is 0.335 e. The van der Waals surface area contributed by atoms with Gasteiger partial charge in [0, 0.05) is 12.0 Å². The fraction of sp³-hybridized carbons (Fsp3) is 0.529. The highest BCUT2D eigenvalue weighted by atomic mass is 16.4. The van der Waals surface area contributed by atoms with Crippen LogP contribution in [0.15, 0.2) is 18.2 Å². The van der Waals surface area contributed by atoms with Crippen molar-refractivity contribution in [3.63, 3.8) is 0 Å². The molecule has 0 atom stereocenters. The third kappa shape index (κ3) is 3.26. The number of hydrogen-bond donors (Lipinski definition) is 1. The number of nitrogens with zero attached hydrogens (tertiary/aromatic N) is 2. The van der Waals surface area contributed by atoms with Gasteiger partial charge in [0.2, 0.25) is 0 Å². The minimum Gasteiger partial charge on any atom is -0.478 e. The van der Waals surface area contributed by atoms with E-state index in [0.29, 0.717) is 5.56 Å². The van der Waals surface area contributed by atoms with Gasteiger partial charge in [0.05, 0.1) is 16.6 Å². The standard InChI is InChI=1S/C17H24N2O2/c1-16(2,3)10-19-13-9-11(14(20)21)7-8-12(13)18-15(19)17(4,5)6/h7-9H,10H2,1-6H3,(H,20,21). The van der Waals surface area contributed by atoms with E-state index in [9.17, 15) is 9.90 Å². The molecule has 1 aromatic carbocycles. The summed E-state index contributed by atoms with van der Waals surface area (Å²) in [6.45, 7) is 13.7. The van der Waals surface area contributed by atoms with Gasteiger partial charge in [-0.25, -0.2) is 9.78 Å². The zero-order valence-electron chi connectivity index (χ0n) is 13.7. The van der Waals surface area contributed by atoms with Crippen LogP contribution in [-0.4, -0.2) is 20.6 Å². The van der Waals surface area contributed by atoms with Crippen LogP contribution in [0.1, 0.15) is 57.7 Å². The Morgan fingerprint density at radius 2 is 1.81 bits per heavy atom. The van der Waals surface area contributed by atoms with E-state index >= 15 is 0 Å². The summed E-state index contributed by atoms with van der Waals surface area (Å²) in [6, 6.07) is 5.14. The third-order valence-corrected chi connectivity index (χ3v) is 3.30. The van der Waals surface area contributed by atoms with Gasteiger partial charge in [-0.2, -0.15) is 0 Å². The summed E-state index contributed by atoms with van der Waals surface area (Å²) in [5.74, 6) is 0.0904. The molecule has 0 bridgehead atoms. The Kier molecular flexibility index (Phi) is 3.60. The lowest BCUT2D eigenvalue weighted by Crippen LogP contribution is -2.24. The summed E-state index contributed by atoms with van der Waals surface area (Å²) < 4.78 is 2.17. The zero-order valence-corrected chi connectivity index (χ0v) is 13.7. The van der Waals surface area contributed by atoms with Crippen LogP contribution in [0, 0.1) is 5.41 Å². The molecule has 2 aromatic rings. The molecular formula is C17H24N2O2. The number of imidazole rings is 1. The second-order valence-corrected chi connectivity index (χ2v) is 7.84. The fourth-order valence-corrected chi connectivity index (χ4v) is 2.46. The van der Waals surface area contributed by atoms with Crippen molar-refractivity contribution >= 4 is 17.0 Å². The largest absolute Gasteiger partial charge is 0.478 e. The molecular weight excluding hydrogens is 264 g/mol. The van der Waals surface area contributed by atoms with Crippen LogP contribution >= 0.6 is 0 Å². The van der Waals surface area contributed by atoms with Gasteiger partial charge in [-0.3, -0.25) is 0 Å². The molecule has 21 heavy (non-hydrogen) atoms. The smallest absolute Gasteiger partial charge is 0.335 e. The average molecular weight is 288 g/mol. The van der Waals surface area contributed by atoms with Gasteiger partial charge < -0.3 is 9.67 Å². The van der Waals surface area contributed by atoms with Crippen molar-refractivity contribution in [3.05, 3.63) is 29.6 Å². The Morgan fingerprint density at radius 3 is 2.29 bits per heavy atom. The van der Waals surface area contributed by atoms with Crippen LogP contribution < -0.4 is 0 Å². The summed E-state index contributed by atoms with van der Waals surface area (Å²) in [5, 5.41) is 9.20. The number of rotatable bonds is 2. The van der Waals surface area contributed by atoms with Crippen LogP contribution in [0.25, 0.3) is 11.0 Å². The number of aromatic carboxylic acids is 1. The average Bonchev–Trinajstić information content (AvgIpc) is 2.65. The molecule has 0 saturated heterocycles. The molecule has 0 unspecified atom stereocenters. The van der Waals surface area contributed by atoms with E-state index in [-0.39, 0.29) is 10.8 Å². The fourth-order valence-electron chi connectivity index (χ4n) is 2.46. The van der Waals surface area contributed by atoms with Crippen LogP contribution in [-0.2, 0) is 12.0 Å². The van der Waals surface area contributed by atoms with Crippen LogP contribution in [0.3, 0.4) is 0 Å². The van der Waals surface area contributed by atoms with Crippen LogP contribution in [0.5, 0.6) is 0 Å². The number of carbonyl (C=O) groups is 1. The molecule has 1 aromatic heterocycles. The predicted octanol–water partition coefficient (Wildman–Crippen LogP) is 4.08. The molecule has 0 spiro atoms. The first-order valence-corrected chi connectivity index (χ1v) is 7.23. The second-order valence-electron chi connectivity index (χ2n) is 7.84. The summed E-state index contributed by atoms with van der Waals surface area (Å²) in [6.07, 6.45) is 0. The Bertz CT molecular complexity index is 685. The molecule has 0 aliphatic carbocycles. The highest BCUT2D eigenvalue weighted by Gasteiger charge is 2.25. The van der Waals surface area contributed by atoms with E-state index in [1.807, 2.05) is 0 Å². The van der Waals surface area contributed by atoms with Crippen molar-refractivity contribution in [2.24, 2.45) is 5.41 Å². The SMILES string of the molecule is CC(C)(C)Cn1c(C(C)(C)C)nc2ccc(C(=O)O)cc21. The Balaban J connectivity index is 2.73. The maximum absolute atomic E-state index is 11.2. The van der Waals surface area contributed by atoms with Crippen molar-refractivity contribution in [1.82, 2.24) is 9.55 Å². The Labute approximate surface area is 125 Å². The first kappa shape index (κ1) is 15.5. The summed E-state index contributed by atoms with van der Waals surface area (Å²) in [7, 11) is 0. The van der Waals surface area contributed by atoms with Gasteiger partial charge in [-0.05, 0) is 23.6 Å². The van der Waals surface area contributed by atoms with Crippen LogP contribution in [0.4, 0.5) is 0 Å². The summed E-state index contributed by atoms with van der Waals surface area (Å²) >= 11 is 0. The maximum atomic E-state index is 11.2. The van der Waals surface area contributed by atoms with Gasteiger partial charge in [0.25, 0.3) is 0 Å². The molecule has 0 amide bonds. The molecule has 114 valence electrons. The lowest BCUT2D eigenvalue weighted by atomic mass is 9.93. The number of aromatic nitrogens is 2. The number of fused-ring (bicyclic) bond motifs is 1. The van der Waals surface area contributed by atoms with Gasteiger partial charge in [0.15, 0.2) is 0 Å². The van der Waals surface area contributed by atoms with Gasteiger partial charge in [-0.15, -0.1) is 0 Å². The second kappa shape index (κ2) is 4.86. The topological polar surface area (TPSA) is 55.1 Å². The molecule has 0 aliphatic heterocycles. The van der Waals surface area contributed by atoms with Crippen LogP contribution in [0.2, 0.25) is 0 Å². The number of carboxylic acids is 1. The van der Waals surface area contributed by atoms with Crippen molar-refractivity contribution < 1.29 is 9.90 Å². The lowest BCUT2D eigenvalue weighted by Gasteiger charge is -2.25. The van der Waals surface area contributed by atoms with Gasteiger partial charge in [-0.1, -0.05) is 41.5 Å². The van der Waals surface area contributed by atoms with Gasteiger partial charge >= 0.3 is 5.97 Å². The molecule has 4 nitrogen and oxygen atoms in total. The van der Waals surface area contributed by atoms with E-state index in [0.717, 1.165) is 23.4 Å². The van der Waals surface area contributed by atoms with E-state index in [1.165, 1.54) is 0 Å². The lowest BCUT2D eigenvalue weighted by molar-refractivity contribution is 0.0697. The van der Waals surface area contributed by atoms with Crippen molar-refractivity contribution in [3.8, 4) is 0 Å². The van der Waals surface area contributed by atoms with E-state index < -0.39 is 5.97 Å². The van der Waals surface area contributed by atoms with Crippen molar-refractivity contribution in [1.29, 1.82) is 0 Å². The van der Waals surface area contributed by atoms with E-state index in [4.69, 9.17) is 4.98 Å². The highest BCUT2D eigenvalue weighted by molar-refractivity contribution is 5.92. The zero-order chi connectivity index (χ0) is 16.0. The van der Waals surface area contributed by atoms with Gasteiger partial charge in [0.1, 0.15) is 5.82 Å². The first-order valence-electron chi connectivity index (χ1n) is 7.23. The number of benzene rings is 1. The minimum atomic E-state index is -0.905. The summed E-state index contributed by atoms with van der Waals surface area (Å²) in [5.41, 5.74) is 2.06. The third-order valence-electron chi connectivity index (χ3n) is 3.30. The van der Waals surface area contributed by atoms with E-state index in [1.54, 1.807) is 18.2 Å². The molecule has 4 heteroatoms. The molecule has 0 aliphatic rings. The Hall–Kier alpha value is -1.84. The molecule has 2 rings (SSSR count).